The first-order valence-corrected chi connectivity index (χ1v) is 10.5. The Balaban J connectivity index is 1.45. The van der Waals surface area contributed by atoms with E-state index in [2.05, 4.69) is 15.5 Å². The molecule has 0 unspecified atom stereocenters. The molecule has 0 saturated heterocycles. The van der Waals surface area contributed by atoms with Crippen LogP contribution in [-0.2, 0) is 13.1 Å². The number of anilines is 1. The van der Waals surface area contributed by atoms with Gasteiger partial charge in [-0.3, -0.25) is 19.6 Å². The highest BCUT2D eigenvalue weighted by Gasteiger charge is 2.21. The second-order valence-corrected chi connectivity index (χ2v) is 7.96. The van der Waals surface area contributed by atoms with E-state index >= 15 is 0 Å². The molecular formula is C23H21ClN6O3. The lowest BCUT2D eigenvalue weighted by Crippen LogP contribution is -2.16. The normalized spacial score (nSPS) is 10.9. The highest BCUT2D eigenvalue weighted by molar-refractivity contribution is 6.31. The number of nitro groups is 1. The van der Waals surface area contributed by atoms with Gasteiger partial charge in [-0.05, 0) is 43.2 Å². The largest absolute Gasteiger partial charge is 0.312 e. The minimum atomic E-state index is -0.419. The molecule has 0 atom stereocenters. The first-order valence-electron chi connectivity index (χ1n) is 10.2. The van der Waals surface area contributed by atoms with Gasteiger partial charge in [-0.1, -0.05) is 41.9 Å². The van der Waals surface area contributed by atoms with Crippen molar-refractivity contribution in [2.45, 2.75) is 26.9 Å². The maximum Gasteiger partial charge on any atom is 0.312 e. The molecule has 10 heteroatoms. The molecule has 2 heterocycles. The van der Waals surface area contributed by atoms with E-state index in [1.54, 1.807) is 59.7 Å². The van der Waals surface area contributed by atoms with Gasteiger partial charge in [-0.15, -0.1) is 0 Å². The van der Waals surface area contributed by atoms with E-state index in [4.69, 9.17) is 11.6 Å². The minimum absolute atomic E-state index is 0.0272. The predicted molar refractivity (Wildman–Crippen MR) is 125 cm³/mol. The van der Waals surface area contributed by atoms with E-state index in [0.717, 1.165) is 11.1 Å². The van der Waals surface area contributed by atoms with Gasteiger partial charge in [0, 0.05) is 16.7 Å². The second-order valence-electron chi connectivity index (χ2n) is 7.55. The molecule has 168 valence electrons. The van der Waals surface area contributed by atoms with Crippen molar-refractivity contribution < 1.29 is 9.72 Å². The highest BCUT2D eigenvalue weighted by atomic mass is 35.5. The Kier molecular flexibility index (Phi) is 6.23. The number of amides is 1. The van der Waals surface area contributed by atoms with Crippen molar-refractivity contribution in [3.05, 3.63) is 104 Å². The fourth-order valence-electron chi connectivity index (χ4n) is 3.58. The zero-order chi connectivity index (χ0) is 23.5. The van der Waals surface area contributed by atoms with Crippen LogP contribution in [0.15, 0.2) is 60.8 Å². The lowest BCUT2D eigenvalue weighted by Gasteiger charge is -2.11. The SMILES string of the molecule is Cc1nn(Cc2ccc(C(=O)Nc3ccnn3Cc3ccccc3Cl)cc2)c(C)c1[N+](=O)[O-]. The molecule has 2 aromatic carbocycles. The van der Waals surface area contributed by atoms with Gasteiger partial charge in [0.2, 0.25) is 0 Å². The van der Waals surface area contributed by atoms with Crippen LogP contribution in [0.5, 0.6) is 0 Å². The standard InChI is InChI=1S/C23H21ClN6O3/c1-15-22(30(32)33)16(2)28(27-15)13-17-7-9-18(10-8-17)23(31)26-21-11-12-25-29(21)14-19-5-3-4-6-20(19)24/h3-12H,13-14H2,1-2H3,(H,26,31). The van der Waals surface area contributed by atoms with Gasteiger partial charge < -0.3 is 5.32 Å². The van der Waals surface area contributed by atoms with Gasteiger partial charge >= 0.3 is 5.69 Å². The summed E-state index contributed by atoms with van der Waals surface area (Å²) in [5, 5.41) is 23.2. The molecule has 0 aliphatic heterocycles. The summed E-state index contributed by atoms with van der Waals surface area (Å²) in [5.41, 5.74) is 3.14. The Labute approximate surface area is 194 Å². The van der Waals surface area contributed by atoms with Gasteiger partial charge in [0.05, 0.1) is 24.2 Å². The number of aromatic nitrogens is 4. The summed E-state index contributed by atoms with van der Waals surface area (Å²) in [6, 6.07) is 16.2. The van der Waals surface area contributed by atoms with E-state index in [0.29, 0.717) is 40.9 Å². The molecule has 0 radical (unpaired) electrons. The fraction of sp³-hybridized carbons (Fsp3) is 0.174. The summed E-state index contributed by atoms with van der Waals surface area (Å²) in [7, 11) is 0. The van der Waals surface area contributed by atoms with Crippen molar-refractivity contribution in [2.75, 3.05) is 5.32 Å². The Morgan fingerprint density at radius 3 is 2.45 bits per heavy atom. The topological polar surface area (TPSA) is 108 Å². The summed E-state index contributed by atoms with van der Waals surface area (Å²) in [5.74, 6) is 0.281. The van der Waals surface area contributed by atoms with E-state index < -0.39 is 4.92 Å². The smallest absolute Gasteiger partial charge is 0.307 e. The average molecular weight is 465 g/mol. The van der Waals surface area contributed by atoms with Crippen LogP contribution in [0.25, 0.3) is 0 Å². The lowest BCUT2D eigenvalue weighted by molar-refractivity contribution is -0.386. The molecule has 0 saturated carbocycles. The van der Waals surface area contributed by atoms with Crippen LogP contribution < -0.4 is 5.32 Å². The highest BCUT2D eigenvalue weighted by Crippen LogP contribution is 2.23. The number of carbonyl (C=O) groups is 1. The number of halogens is 1. The Hall–Kier alpha value is -3.98. The van der Waals surface area contributed by atoms with Crippen molar-refractivity contribution in [1.82, 2.24) is 19.6 Å². The van der Waals surface area contributed by atoms with Crippen molar-refractivity contribution in [3.8, 4) is 0 Å². The van der Waals surface area contributed by atoms with E-state index in [1.807, 2.05) is 24.3 Å². The van der Waals surface area contributed by atoms with Crippen LogP contribution in [0, 0.1) is 24.0 Å². The lowest BCUT2D eigenvalue weighted by atomic mass is 10.1. The number of nitrogens with zero attached hydrogens (tertiary/aromatic N) is 5. The van der Waals surface area contributed by atoms with Crippen LogP contribution >= 0.6 is 11.6 Å². The molecule has 0 aliphatic carbocycles. The number of benzene rings is 2. The number of aryl methyl sites for hydroxylation is 1. The maximum absolute atomic E-state index is 12.8. The van der Waals surface area contributed by atoms with E-state index in [-0.39, 0.29) is 11.6 Å². The first kappa shape index (κ1) is 22.2. The predicted octanol–water partition coefficient (Wildman–Crippen LogP) is 4.61. The fourth-order valence-corrected chi connectivity index (χ4v) is 3.78. The third kappa shape index (κ3) is 4.78. The van der Waals surface area contributed by atoms with Crippen LogP contribution in [0.1, 0.15) is 32.9 Å². The minimum Gasteiger partial charge on any atom is -0.307 e. The molecule has 33 heavy (non-hydrogen) atoms. The number of hydrogen-bond donors (Lipinski definition) is 1. The molecule has 4 aromatic rings. The van der Waals surface area contributed by atoms with Crippen LogP contribution in [0.2, 0.25) is 5.02 Å². The third-order valence-electron chi connectivity index (χ3n) is 5.31. The van der Waals surface area contributed by atoms with Gasteiger partial charge in [0.25, 0.3) is 5.91 Å². The Bertz CT molecular complexity index is 1330. The van der Waals surface area contributed by atoms with Gasteiger partial charge in [-0.2, -0.15) is 10.2 Å². The molecule has 0 bridgehead atoms. The molecule has 1 amide bonds. The van der Waals surface area contributed by atoms with E-state index in [9.17, 15) is 14.9 Å². The quantitative estimate of drug-likeness (QED) is 0.317. The monoisotopic (exact) mass is 464 g/mol. The molecular weight excluding hydrogens is 444 g/mol. The van der Waals surface area contributed by atoms with E-state index in [1.165, 1.54) is 0 Å². The number of hydrogen-bond acceptors (Lipinski definition) is 5. The average Bonchev–Trinajstić information content (AvgIpc) is 3.33. The van der Waals surface area contributed by atoms with Crippen molar-refractivity contribution in [1.29, 1.82) is 0 Å². The first-order chi connectivity index (χ1) is 15.8. The van der Waals surface area contributed by atoms with Gasteiger partial charge in [0.1, 0.15) is 17.2 Å². The Morgan fingerprint density at radius 1 is 1.06 bits per heavy atom. The summed E-state index contributed by atoms with van der Waals surface area (Å²) >= 11 is 6.24. The number of carbonyl (C=O) groups excluding carboxylic acids is 1. The van der Waals surface area contributed by atoms with Crippen molar-refractivity contribution in [2.24, 2.45) is 0 Å². The van der Waals surface area contributed by atoms with Crippen LogP contribution in [0.3, 0.4) is 0 Å². The number of nitrogens with one attached hydrogen (secondary N) is 1. The van der Waals surface area contributed by atoms with Crippen molar-refractivity contribution in [3.63, 3.8) is 0 Å². The zero-order valence-electron chi connectivity index (χ0n) is 18.0. The molecule has 0 fully saturated rings. The van der Waals surface area contributed by atoms with Crippen LogP contribution in [0.4, 0.5) is 11.5 Å². The van der Waals surface area contributed by atoms with Gasteiger partial charge in [0.15, 0.2) is 0 Å². The van der Waals surface area contributed by atoms with Gasteiger partial charge in [-0.25, -0.2) is 4.68 Å². The Morgan fingerprint density at radius 2 is 1.79 bits per heavy atom. The maximum atomic E-state index is 12.8. The molecule has 9 nitrogen and oxygen atoms in total. The summed E-state index contributed by atoms with van der Waals surface area (Å²) < 4.78 is 3.26. The summed E-state index contributed by atoms with van der Waals surface area (Å²) in [4.78, 5) is 23.5. The second kappa shape index (κ2) is 9.25. The third-order valence-corrected chi connectivity index (χ3v) is 5.68. The molecule has 1 N–H and O–H groups in total. The molecule has 0 spiro atoms. The number of rotatable bonds is 7. The molecule has 2 aromatic heterocycles. The molecule has 0 aliphatic rings. The molecule has 4 rings (SSSR count). The summed E-state index contributed by atoms with van der Waals surface area (Å²) in [6.45, 7) is 4.08. The summed E-state index contributed by atoms with van der Waals surface area (Å²) in [6.07, 6.45) is 1.61. The zero-order valence-corrected chi connectivity index (χ0v) is 18.8. The van der Waals surface area contributed by atoms with Crippen LogP contribution in [-0.4, -0.2) is 30.4 Å². The van der Waals surface area contributed by atoms with Crippen molar-refractivity contribution >= 4 is 29.0 Å².